The van der Waals surface area contributed by atoms with Crippen molar-refractivity contribution in [1.29, 1.82) is 0 Å². The Hall–Kier alpha value is -0.610. The van der Waals surface area contributed by atoms with Gasteiger partial charge in [-0.05, 0) is 6.42 Å². The van der Waals surface area contributed by atoms with Gasteiger partial charge in [-0.3, -0.25) is 4.79 Å². The van der Waals surface area contributed by atoms with Crippen molar-refractivity contribution in [3.63, 3.8) is 0 Å². The first-order valence-electron chi connectivity index (χ1n) is 7.92. The fraction of sp³-hybridized carbons (Fsp3) is 0.933. The van der Waals surface area contributed by atoms with E-state index >= 15 is 0 Å². The van der Waals surface area contributed by atoms with Crippen LogP contribution in [-0.4, -0.2) is 38.3 Å². The van der Waals surface area contributed by atoms with Crippen molar-refractivity contribution in [1.82, 2.24) is 10.6 Å². The Morgan fingerprint density at radius 2 is 1.84 bits per heavy atom. The summed E-state index contributed by atoms with van der Waals surface area (Å²) in [6.07, 6.45) is 9.22. The molecule has 0 radical (unpaired) electrons. The first kappa shape index (κ1) is 16.4. The van der Waals surface area contributed by atoms with E-state index in [-0.39, 0.29) is 12.0 Å². The lowest BCUT2D eigenvalue weighted by Gasteiger charge is -2.23. The second kappa shape index (κ2) is 11.2. The molecule has 0 spiro atoms. The Balaban J connectivity index is 1.87. The number of ether oxygens (including phenoxy) is 1. The molecule has 1 aliphatic rings. The quantitative estimate of drug-likeness (QED) is 0.472. The summed E-state index contributed by atoms with van der Waals surface area (Å²) >= 11 is 0. The third kappa shape index (κ3) is 9.00. The Morgan fingerprint density at radius 3 is 2.53 bits per heavy atom. The van der Waals surface area contributed by atoms with Crippen LogP contribution in [0.3, 0.4) is 0 Å². The number of unbranched alkanes of at least 4 members (excludes halogenated alkanes) is 6. The van der Waals surface area contributed by atoms with Crippen LogP contribution in [0.4, 0.5) is 0 Å². The van der Waals surface area contributed by atoms with Crippen LogP contribution >= 0.6 is 0 Å². The van der Waals surface area contributed by atoms with E-state index in [1.807, 2.05) is 0 Å². The maximum atomic E-state index is 11.6. The molecule has 19 heavy (non-hydrogen) atoms. The summed E-state index contributed by atoms with van der Waals surface area (Å²) in [4.78, 5) is 11.6. The van der Waals surface area contributed by atoms with Gasteiger partial charge in [-0.1, -0.05) is 45.4 Å². The van der Waals surface area contributed by atoms with Crippen LogP contribution in [0.5, 0.6) is 0 Å². The summed E-state index contributed by atoms with van der Waals surface area (Å²) in [7, 11) is 0. The lowest BCUT2D eigenvalue weighted by atomic mass is 10.1. The normalized spacial score (nSPS) is 19.3. The molecule has 1 saturated heterocycles. The Kier molecular flexibility index (Phi) is 9.72. The van der Waals surface area contributed by atoms with Crippen LogP contribution in [0.1, 0.15) is 58.3 Å². The van der Waals surface area contributed by atoms with Crippen molar-refractivity contribution in [2.75, 3.05) is 26.2 Å². The smallest absolute Gasteiger partial charge is 0.305 e. The monoisotopic (exact) mass is 270 g/mol. The van der Waals surface area contributed by atoms with Crippen molar-refractivity contribution < 1.29 is 9.53 Å². The third-order valence-corrected chi connectivity index (χ3v) is 3.56. The molecule has 1 aliphatic heterocycles. The van der Waals surface area contributed by atoms with E-state index in [9.17, 15) is 4.79 Å². The minimum absolute atomic E-state index is 0.0408. The zero-order chi connectivity index (χ0) is 13.8. The van der Waals surface area contributed by atoms with Crippen LogP contribution in [0, 0.1) is 0 Å². The number of piperazine rings is 1. The second-order valence-corrected chi connectivity index (χ2v) is 5.41. The highest BCUT2D eigenvalue weighted by molar-refractivity contribution is 5.69. The van der Waals surface area contributed by atoms with Crippen molar-refractivity contribution in [2.24, 2.45) is 0 Å². The molecule has 0 aromatic rings. The zero-order valence-electron chi connectivity index (χ0n) is 12.4. The molecule has 0 aliphatic carbocycles. The molecule has 0 unspecified atom stereocenters. The highest BCUT2D eigenvalue weighted by atomic mass is 16.5. The first-order chi connectivity index (χ1) is 9.33. The predicted octanol–water partition coefficient (Wildman–Crippen LogP) is 2.23. The average Bonchev–Trinajstić information content (AvgIpc) is 2.45. The van der Waals surface area contributed by atoms with E-state index in [1.54, 1.807) is 0 Å². The molecule has 112 valence electrons. The Morgan fingerprint density at radius 1 is 1.11 bits per heavy atom. The maximum absolute atomic E-state index is 11.6. The lowest BCUT2D eigenvalue weighted by Crippen LogP contribution is -2.50. The largest absolute Gasteiger partial charge is 0.464 e. The highest BCUT2D eigenvalue weighted by Gasteiger charge is 2.13. The zero-order valence-corrected chi connectivity index (χ0v) is 12.4. The SMILES string of the molecule is CCCCCCCCCC(=O)OC[C@H]1CNCCN1. The molecular formula is C15H30N2O2. The van der Waals surface area contributed by atoms with Crippen LogP contribution in [-0.2, 0) is 9.53 Å². The van der Waals surface area contributed by atoms with E-state index in [0.717, 1.165) is 32.5 Å². The Bertz CT molecular complexity index is 228. The molecule has 2 N–H and O–H groups in total. The van der Waals surface area contributed by atoms with Crippen LogP contribution in [0.25, 0.3) is 0 Å². The summed E-state index contributed by atoms with van der Waals surface area (Å²) in [5.41, 5.74) is 0. The van der Waals surface area contributed by atoms with E-state index in [4.69, 9.17) is 4.74 Å². The van der Waals surface area contributed by atoms with Gasteiger partial charge in [0.05, 0.1) is 6.04 Å². The maximum Gasteiger partial charge on any atom is 0.305 e. The number of hydrogen-bond acceptors (Lipinski definition) is 4. The van der Waals surface area contributed by atoms with E-state index in [2.05, 4.69) is 17.6 Å². The molecule has 4 heteroatoms. The lowest BCUT2D eigenvalue weighted by molar-refractivity contribution is -0.144. The van der Waals surface area contributed by atoms with Crippen molar-refractivity contribution in [3.8, 4) is 0 Å². The topological polar surface area (TPSA) is 50.4 Å². The number of rotatable bonds is 10. The number of carbonyl (C=O) groups excluding carboxylic acids is 1. The van der Waals surface area contributed by atoms with Gasteiger partial charge in [-0.2, -0.15) is 0 Å². The standard InChI is InChI=1S/C15H30N2O2/c1-2-3-4-5-6-7-8-9-15(18)19-13-14-12-16-10-11-17-14/h14,16-17H,2-13H2,1H3/t14-/m1/s1. The van der Waals surface area contributed by atoms with E-state index in [1.165, 1.54) is 32.1 Å². The molecule has 1 rings (SSSR count). The molecule has 0 saturated carbocycles. The minimum atomic E-state index is -0.0408. The Labute approximate surface area is 117 Å². The molecular weight excluding hydrogens is 240 g/mol. The summed E-state index contributed by atoms with van der Waals surface area (Å²) in [5, 5.41) is 6.61. The molecule has 0 amide bonds. The number of carbonyl (C=O) groups is 1. The van der Waals surface area contributed by atoms with Gasteiger partial charge in [0.25, 0.3) is 0 Å². The predicted molar refractivity (Wildman–Crippen MR) is 78.2 cm³/mol. The molecule has 0 aromatic carbocycles. The van der Waals surface area contributed by atoms with Gasteiger partial charge < -0.3 is 15.4 Å². The van der Waals surface area contributed by atoms with E-state index in [0.29, 0.717) is 13.0 Å². The molecule has 4 nitrogen and oxygen atoms in total. The summed E-state index contributed by atoms with van der Waals surface area (Å²) in [6, 6.07) is 0.284. The minimum Gasteiger partial charge on any atom is -0.464 e. The van der Waals surface area contributed by atoms with Crippen molar-refractivity contribution in [3.05, 3.63) is 0 Å². The van der Waals surface area contributed by atoms with Gasteiger partial charge in [-0.25, -0.2) is 0 Å². The van der Waals surface area contributed by atoms with Gasteiger partial charge >= 0.3 is 5.97 Å². The van der Waals surface area contributed by atoms with Gasteiger partial charge in [0, 0.05) is 26.1 Å². The molecule has 0 bridgehead atoms. The van der Waals surface area contributed by atoms with Gasteiger partial charge in [0.1, 0.15) is 6.61 Å². The van der Waals surface area contributed by atoms with Gasteiger partial charge in [-0.15, -0.1) is 0 Å². The fourth-order valence-electron chi connectivity index (χ4n) is 2.32. The van der Waals surface area contributed by atoms with Gasteiger partial charge in [0.2, 0.25) is 0 Å². The van der Waals surface area contributed by atoms with Crippen LogP contribution < -0.4 is 10.6 Å². The second-order valence-electron chi connectivity index (χ2n) is 5.41. The van der Waals surface area contributed by atoms with Crippen molar-refractivity contribution >= 4 is 5.97 Å². The van der Waals surface area contributed by atoms with Crippen LogP contribution in [0.15, 0.2) is 0 Å². The molecule has 1 fully saturated rings. The molecule has 1 atom stereocenters. The van der Waals surface area contributed by atoms with Crippen LogP contribution in [0.2, 0.25) is 0 Å². The highest BCUT2D eigenvalue weighted by Crippen LogP contribution is 2.08. The molecule has 0 aromatic heterocycles. The third-order valence-electron chi connectivity index (χ3n) is 3.56. The summed E-state index contributed by atoms with van der Waals surface area (Å²) in [6.45, 7) is 5.59. The first-order valence-corrected chi connectivity index (χ1v) is 7.92. The van der Waals surface area contributed by atoms with E-state index < -0.39 is 0 Å². The summed E-state index contributed by atoms with van der Waals surface area (Å²) < 4.78 is 5.29. The van der Waals surface area contributed by atoms with Gasteiger partial charge in [0.15, 0.2) is 0 Å². The number of nitrogens with one attached hydrogen (secondary N) is 2. The fourth-order valence-corrected chi connectivity index (χ4v) is 2.32. The van der Waals surface area contributed by atoms with Crippen molar-refractivity contribution in [2.45, 2.75) is 64.3 Å². The molecule has 1 heterocycles. The number of hydrogen-bond donors (Lipinski definition) is 2. The number of esters is 1. The average molecular weight is 270 g/mol. The summed E-state index contributed by atoms with van der Waals surface area (Å²) in [5.74, 6) is -0.0408.